The zero-order chi connectivity index (χ0) is 24.3. The minimum atomic E-state index is -1.27. The van der Waals surface area contributed by atoms with Crippen LogP contribution in [0.3, 0.4) is 0 Å². The minimum Gasteiger partial charge on any atom is -0.391 e. The Labute approximate surface area is 199 Å². The summed E-state index contributed by atoms with van der Waals surface area (Å²) in [6, 6.07) is 13.7. The van der Waals surface area contributed by atoms with Gasteiger partial charge in [-0.2, -0.15) is 0 Å². The molecule has 178 valence electrons. The van der Waals surface area contributed by atoms with Gasteiger partial charge in [0, 0.05) is 30.8 Å². The van der Waals surface area contributed by atoms with Gasteiger partial charge < -0.3 is 15.2 Å². The second kappa shape index (κ2) is 12.7. The summed E-state index contributed by atoms with van der Waals surface area (Å²) in [7, 11) is 0. The van der Waals surface area contributed by atoms with E-state index in [2.05, 4.69) is 46.3 Å². The fourth-order valence-corrected chi connectivity index (χ4v) is 3.42. The molecule has 1 fully saturated rings. The molecular weight excluding hydrogens is 434 g/mol. The summed E-state index contributed by atoms with van der Waals surface area (Å²) in [5.74, 6) is 4.54. The minimum absolute atomic E-state index is 0.301. The van der Waals surface area contributed by atoms with Gasteiger partial charge in [-0.15, -0.1) is 0 Å². The molecule has 2 aromatic rings. The largest absolute Gasteiger partial charge is 0.391 e. The molecule has 2 atom stereocenters. The van der Waals surface area contributed by atoms with Crippen molar-refractivity contribution in [3.63, 3.8) is 0 Å². The van der Waals surface area contributed by atoms with Crippen molar-refractivity contribution in [2.75, 3.05) is 26.3 Å². The van der Waals surface area contributed by atoms with E-state index in [9.17, 15) is 14.7 Å². The Morgan fingerprint density at radius 1 is 1.12 bits per heavy atom. The quantitative estimate of drug-likeness (QED) is 0.282. The number of nitrogens with one attached hydrogen (secondary N) is 2. The molecule has 0 saturated carbocycles. The summed E-state index contributed by atoms with van der Waals surface area (Å²) >= 11 is 0. The van der Waals surface area contributed by atoms with Gasteiger partial charge in [0.15, 0.2) is 0 Å². The third-order valence-electron chi connectivity index (χ3n) is 5.37. The first-order valence-electron chi connectivity index (χ1n) is 11.1. The van der Waals surface area contributed by atoms with Crippen LogP contribution in [0, 0.1) is 11.8 Å². The van der Waals surface area contributed by atoms with E-state index in [-0.39, 0.29) is 0 Å². The molecule has 1 aliphatic heterocycles. The smallest absolute Gasteiger partial charge is 0.268 e. The first-order chi connectivity index (χ1) is 16.5. The second-order valence-corrected chi connectivity index (χ2v) is 7.98. The lowest BCUT2D eigenvalue weighted by atomic mass is 10.1. The Balaban J connectivity index is 1.53. The van der Waals surface area contributed by atoms with Gasteiger partial charge in [-0.25, -0.2) is 5.48 Å². The Hall–Kier alpha value is -3.48. The third kappa shape index (κ3) is 7.54. The van der Waals surface area contributed by atoms with E-state index in [1.165, 1.54) is 18.0 Å². The molecule has 34 heavy (non-hydrogen) atoms. The van der Waals surface area contributed by atoms with Crippen molar-refractivity contribution in [1.29, 1.82) is 0 Å². The highest BCUT2D eigenvalue weighted by Gasteiger charge is 2.25. The maximum absolute atomic E-state index is 12.3. The molecule has 0 aromatic heterocycles. The first-order valence-corrected chi connectivity index (χ1v) is 11.1. The SMILES string of the molecule is C[C@H](O)[C@H](NC(=O)c1ccc(C#CC=Cc2ccc(CN3CCOCC3)cc2)cc1)C(=O)NO. The van der Waals surface area contributed by atoms with Crippen LogP contribution in [0.15, 0.2) is 54.6 Å². The number of amides is 2. The van der Waals surface area contributed by atoms with Gasteiger partial charge in [0.25, 0.3) is 11.8 Å². The van der Waals surface area contributed by atoms with Crippen LogP contribution < -0.4 is 10.8 Å². The Bertz CT molecular complexity index is 1050. The molecule has 3 rings (SSSR count). The summed E-state index contributed by atoms with van der Waals surface area (Å²) in [6.07, 6.45) is 2.54. The fourth-order valence-electron chi connectivity index (χ4n) is 3.42. The molecule has 8 nitrogen and oxygen atoms in total. The molecule has 0 bridgehead atoms. The number of rotatable bonds is 7. The van der Waals surface area contributed by atoms with Crippen LogP contribution in [0.1, 0.15) is 34.0 Å². The Kier molecular flexibility index (Phi) is 9.38. The summed E-state index contributed by atoms with van der Waals surface area (Å²) in [5, 5.41) is 20.7. The van der Waals surface area contributed by atoms with E-state index in [4.69, 9.17) is 9.94 Å². The number of aliphatic hydroxyl groups excluding tert-OH is 1. The number of hydrogen-bond acceptors (Lipinski definition) is 6. The van der Waals surface area contributed by atoms with Gasteiger partial charge >= 0.3 is 0 Å². The highest BCUT2D eigenvalue weighted by molar-refractivity contribution is 5.97. The Morgan fingerprint density at radius 2 is 1.79 bits per heavy atom. The topological polar surface area (TPSA) is 111 Å². The number of carbonyl (C=O) groups is 2. The van der Waals surface area contributed by atoms with E-state index < -0.39 is 24.0 Å². The van der Waals surface area contributed by atoms with Gasteiger partial charge in [-0.3, -0.25) is 19.7 Å². The number of hydroxylamine groups is 1. The lowest BCUT2D eigenvalue weighted by Crippen LogP contribution is -2.51. The predicted octanol–water partition coefficient (Wildman–Crippen LogP) is 1.57. The van der Waals surface area contributed by atoms with Gasteiger partial charge in [0.05, 0.1) is 19.3 Å². The Morgan fingerprint density at radius 3 is 2.41 bits per heavy atom. The molecule has 8 heteroatoms. The van der Waals surface area contributed by atoms with Crippen molar-refractivity contribution in [2.24, 2.45) is 0 Å². The van der Waals surface area contributed by atoms with Crippen LogP contribution in [0.4, 0.5) is 0 Å². The normalized spacial score (nSPS) is 15.7. The summed E-state index contributed by atoms with van der Waals surface area (Å²) < 4.78 is 5.38. The number of morpholine rings is 1. The monoisotopic (exact) mass is 463 g/mol. The molecule has 1 aliphatic rings. The lowest BCUT2D eigenvalue weighted by molar-refractivity contribution is -0.133. The summed E-state index contributed by atoms with van der Waals surface area (Å²) in [4.78, 5) is 26.2. The van der Waals surface area contributed by atoms with Crippen LogP contribution >= 0.6 is 0 Å². The molecule has 4 N–H and O–H groups in total. The van der Waals surface area contributed by atoms with Crippen molar-refractivity contribution in [3.05, 3.63) is 76.9 Å². The van der Waals surface area contributed by atoms with Gasteiger partial charge in [-0.05, 0) is 54.5 Å². The van der Waals surface area contributed by atoms with Gasteiger partial charge in [0.2, 0.25) is 0 Å². The van der Waals surface area contributed by atoms with Crippen LogP contribution in [-0.2, 0) is 16.1 Å². The van der Waals surface area contributed by atoms with Crippen molar-refractivity contribution < 1.29 is 24.6 Å². The number of allylic oxidation sites excluding steroid dienone is 1. The van der Waals surface area contributed by atoms with E-state index in [1.807, 2.05) is 6.08 Å². The standard InChI is InChI=1S/C26H29N3O5/c1-19(30)24(26(32)28-33)27-25(31)23-12-10-21(11-13-23)5-3-2-4-20-6-8-22(9-7-20)18-29-14-16-34-17-15-29/h2,4,6-13,19,24,30,33H,14-18H2,1H3,(H,27,31)(H,28,32)/t19-,24-/m0/s1. The van der Waals surface area contributed by atoms with Crippen molar-refractivity contribution in [1.82, 2.24) is 15.7 Å². The summed E-state index contributed by atoms with van der Waals surface area (Å²) in [6.45, 7) is 5.78. The second-order valence-electron chi connectivity index (χ2n) is 7.98. The fraction of sp³-hybridized carbons (Fsp3) is 0.308. The van der Waals surface area contributed by atoms with Crippen molar-refractivity contribution in [3.8, 4) is 11.8 Å². The lowest BCUT2D eigenvalue weighted by Gasteiger charge is -2.26. The zero-order valence-corrected chi connectivity index (χ0v) is 19.0. The van der Waals surface area contributed by atoms with E-state index in [1.54, 1.807) is 30.3 Å². The molecule has 1 heterocycles. The van der Waals surface area contributed by atoms with Crippen LogP contribution in [-0.4, -0.2) is 65.5 Å². The number of ether oxygens (including phenoxy) is 1. The predicted molar refractivity (Wildman–Crippen MR) is 128 cm³/mol. The highest BCUT2D eigenvalue weighted by Crippen LogP contribution is 2.10. The molecule has 0 aliphatic carbocycles. The molecular formula is C26H29N3O5. The molecule has 2 aromatic carbocycles. The number of benzene rings is 2. The average Bonchev–Trinajstić information content (AvgIpc) is 2.86. The van der Waals surface area contributed by atoms with E-state index >= 15 is 0 Å². The maximum atomic E-state index is 12.3. The van der Waals surface area contributed by atoms with Gasteiger partial charge in [-0.1, -0.05) is 36.1 Å². The van der Waals surface area contributed by atoms with Crippen LogP contribution in [0.25, 0.3) is 6.08 Å². The number of aliphatic hydroxyl groups is 1. The molecule has 0 unspecified atom stereocenters. The third-order valence-corrected chi connectivity index (χ3v) is 5.37. The van der Waals surface area contributed by atoms with Crippen LogP contribution in [0.5, 0.6) is 0 Å². The van der Waals surface area contributed by atoms with Crippen molar-refractivity contribution in [2.45, 2.75) is 25.6 Å². The van der Waals surface area contributed by atoms with E-state index in [0.717, 1.165) is 44.0 Å². The molecule has 2 amide bonds. The van der Waals surface area contributed by atoms with Crippen LogP contribution in [0.2, 0.25) is 0 Å². The van der Waals surface area contributed by atoms with Crippen molar-refractivity contribution >= 4 is 17.9 Å². The molecule has 1 saturated heterocycles. The molecule has 0 radical (unpaired) electrons. The molecule has 0 spiro atoms. The first kappa shape index (κ1) is 25.1. The summed E-state index contributed by atoms with van der Waals surface area (Å²) in [5.41, 5.74) is 4.78. The zero-order valence-electron chi connectivity index (χ0n) is 19.0. The highest BCUT2D eigenvalue weighted by atomic mass is 16.5. The van der Waals surface area contributed by atoms with Gasteiger partial charge in [0.1, 0.15) is 6.04 Å². The van der Waals surface area contributed by atoms with E-state index in [0.29, 0.717) is 5.56 Å². The maximum Gasteiger partial charge on any atom is 0.268 e. The number of carbonyl (C=O) groups excluding carboxylic acids is 2. The number of nitrogens with zero attached hydrogens (tertiary/aromatic N) is 1. The average molecular weight is 464 g/mol. The number of hydrogen-bond donors (Lipinski definition) is 4.